The highest BCUT2D eigenvalue weighted by Gasteiger charge is 2.26. The van der Waals surface area contributed by atoms with Gasteiger partial charge < -0.3 is 15.1 Å². The van der Waals surface area contributed by atoms with Crippen molar-refractivity contribution in [2.75, 3.05) is 39.6 Å². The molecule has 1 aromatic rings. The van der Waals surface area contributed by atoms with E-state index in [2.05, 4.69) is 81.3 Å². The lowest BCUT2D eigenvalue weighted by Gasteiger charge is -2.33. The number of hydrogen-bond acceptors (Lipinski definition) is 3. The van der Waals surface area contributed by atoms with E-state index < -0.39 is 0 Å². The predicted molar refractivity (Wildman–Crippen MR) is 123 cm³/mol. The fourth-order valence-electron chi connectivity index (χ4n) is 4.55. The average Bonchev–Trinajstić information content (AvgIpc) is 2.68. The first-order valence-corrected chi connectivity index (χ1v) is 10.6. The van der Waals surface area contributed by atoms with Gasteiger partial charge in [-0.25, -0.2) is 0 Å². The van der Waals surface area contributed by atoms with E-state index in [0.29, 0.717) is 12.3 Å². The van der Waals surface area contributed by atoms with Crippen molar-refractivity contribution < 1.29 is 4.79 Å². The van der Waals surface area contributed by atoms with Gasteiger partial charge in [-0.2, -0.15) is 0 Å². The number of rotatable bonds is 6. The fourth-order valence-corrected chi connectivity index (χ4v) is 4.55. The number of allylic oxidation sites excluding steroid dienone is 4. The molecule has 0 heterocycles. The third-order valence-electron chi connectivity index (χ3n) is 6.40. The van der Waals surface area contributed by atoms with Crippen molar-refractivity contribution in [1.82, 2.24) is 10.2 Å². The Morgan fingerprint density at radius 3 is 2.52 bits per heavy atom. The molecule has 0 radical (unpaired) electrons. The standard InChI is InChI=1S/C25H35N3O/c1-16-11-19-13-22-17(2)18(3)24(27(5)6)15-21(22)12-20(19)14-23(16)28(7)10-8-9-25(29)26-4/h11,13-15,20H,8-10,12H2,1-7H3,(H,26,29). The lowest BCUT2D eigenvalue weighted by molar-refractivity contribution is -0.120. The smallest absolute Gasteiger partial charge is 0.219 e. The van der Waals surface area contributed by atoms with Crippen molar-refractivity contribution in [3.63, 3.8) is 0 Å². The van der Waals surface area contributed by atoms with Gasteiger partial charge in [0.2, 0.25) is 5.91 Å². The number of amides is 1. The number of hydrogen-bond donors (Lipinski definition) is 1. The van der Waals surface area contributed by atoms with Crippen LogP contribution in [-0.2, 0) is 11.2 Å². The summed E-state index contributed by atoms with van der Waals surface area (Å²) in [5.41, 5.74) is 10.9. The van der Waals surface area contributed by atoms with Crippen LogP contribution in [0.1, 0.15) is 42.0 Å². The molecule has 1 unspecified atom stereocenters. The van der Waals surface area contributed by atoms with Crippen molar-refractivity contribution in [3.05, 3.63) is 57.3 Å². The van der Waals surface area contributed by atoms with Gasteiger partial charge >= 0.3 is 0 Å². The average molecular weight is 394 g/mol. The van der Waals surface area contributed by atoms with Crippen molar-refractivity contribution in [2.45, 2.75) is 40.0 Å². The second-order valence-corrected chi connectivity index (χ2v) is 8.65. The molecule has 29 heavy (non-hydrogen) atoms. The Morgan fingerprint density at radius 1 is 1.14 bits per heavy atom. The number of nitrogens with one attached hydrogen (secondary N) is 1. The van der Waals surface area contributed by atoms with Crippen molar-refractivity contribution >= 4 is 17.7 Å². The molecule has 1 amide bonds. The SMILES string of the molecule is CNC(=O)CCCN(C)C1=CC2Cc3cc(N(C)C)c(C)c(C)c3C=C2C=C1C. The maximum atomic E-state index is 11.5. The first kappa shape index (κ1) is 21.2. The zero-order valence-electron chi connectivity index (χ0n) is 19.0. The molecule has 156 valence electrons. The molecule has 2 aliphatic rings. The molecule has 1 N–H and O–H groups in total. The van der Waals surface area contributed by atoms with Crippen LogP contribution in [0.25, 0.3) is 6.08 Å². The van der Waals surface area contributed by atoms with Crippen molar-refractivity contribution in [2.24, 2.45) is 5.92 Å². The lowest BCUT2D eigenvalue weighted by atomic mass is 9.77. The molecule has 0 aliphatic heterocycles. The van der Waals surface area contributed by atoms with E-state index in [1.54, 1.807) is 7.05 Å². The number of carbonyl (C=O) groups is 1. The van der Waals surface area contributed by atoms with Crippen LogP contribution >= 0.6 is 0 Å². The van der Waals surface area contributed by atoms with Crippen LogP contribution in [0.2, 0.25) is 0 Å². The molecule has 0 saturated carbocycles. The lowest BCUT2D eigenvalue weighted by Crippen LogP contribution is -2.26. The summed E-state index contributed by atoms with van der Waals surface area (Å²) in [4.78, 5) is 16.0. The molecule has 0 fully saturated rings. The highest BCUT2D eigenvalue weighted by molar-refractivity contribution is 5.75. The van der Waals surface area contributed by atoms with Gasteiger partial charge in [0.15, 0.2) is 0 Å². The van der Waals surface area contributed by atoms with Gasteiger partial charge in [-0.05, 0) is 73.1 Å². The maximum Gasteiger partial charge on any atom is 0.219 e. The molecule has 4 heteroatoms. The van der Waals surface area contributed by atoms with Gasteiger partial charge in [-0.3, -0.25) is 4.79 Å². The van der Waals surface area contributed by atoms with Crippen LogP contribution in [0.5, 0.6) is 0 Å². The minimum Gasteiger partial charge on any atom is -0.377 e. The molecule has 0 saturated heterocycles. The Bertz CT molecular complexity index is 905. The van der Waals surface area contributed by atoms with Crippen LogP contribution in [0.4, 0.5) is 5.69 Å². The van der Waals surface area contributed by atoms with E-state index in [1.165, 1.54) is 44.8 Å². The van der Waals surface area contributed by atoms with E-state index in [0.717, 1.165) is 19.4 Å². The molecule has 0 bridgehead atoms. The number of benzene rings is 1. The second-order valence-electron chi connectivity index (χ2n) is 8.65. The Hall–Kier alpha value is -2.49. The summed E-state index contributed by atoms with van der Waals surface area (Å²) < 4.78 is 0. The number of carbonyl (C=O) groups excluding carboxylic acids is 1. The molecule has 0 aromatic heterocycles. The van der Waals surface area contributed by atoms with Crippen molar-refractivity contribution in [1.29, 1.82) is 0 Å². The molecular formula is C25H35N3O. The van der Waals surface area contributed by atoms with E-state index in [4.69, 9.17) is 0 Å². The summed E-state index contributed by atoms with van der Waals surface area (Å²) in [7, 11) is 8.08. The highest BCUT2D eigenvalue weighted by atomic mass is 16.1. The highest BCUT2D eigenvalue weighted by Crippen LogP contribution is 2.40. The van der Waals surface area contributed by atoms with Gasteiger partial charge in [-0.1, -0.05) is 18.2 Å². The Labute approximate surface area is 176 Å². The fraction of sp³-hybridized carbons (Fsp3) is 0.480. The summed E-state index contributed by atoms with van der Waals surface area (Å²) in [6.07, 6.45) is 9.66. The Morgan fingerprint density at radius 2 is 1.86 bits per heavy atom. The summed E-state index contributed by atoms with van der Waals surface area (Å²) in [6, 6.07) is 2.37. The normalized spacial score (nSPS) is 17.5. The molecule has 0 spiro atoms. The van der Waals surface area contributed by atoms with E-state index in [9.17, 15) is 4.79 Å². The molecule has 4 nitrogen and oxygen atoms in total. The number of nitrogens with zero attached hydrogens (tertiary/aromatic N) is 2. The van der Waals surface area contributed by atoms with Crippen molar-refractivity contribution in [3.8, 4) is 0 Å². The Kier molecular flexibility index (Phi) is 6.21. The van der Waals surface area contributed by atoms with E-state index in [-0.39, 0.29) is 5.91 Å². The number of likely N-dealkylation sites (N-methyl/N-ethyl adjacent to an activating group) is 1. The minimum absolute atomic E-state index is 0.111. The van der Waals surface area contributed by atoms with Crippen LogP contribution in [-0.4, -0.2) is 45.5 Å². The first-order valence-electron chi connectivity index (χ1n) is 10.6. The summed E-state index contributed by atoms with van der Waals surface area (Å²) in [5, 5.41) is 2.70. The quantitative estimate of drug-likeness (QED) is 0.786. The van der Waals surface area contributed by atoms with E-state index in [1.807, 2.05) is 0 Å². The zero-order chi connectivity index (χ0) is 21.3. The van der Waals surface area contributed by atoms with E-state index >= 15 is 0 Å². The largest absolute Gasteiger partial charge is 0.377 e. The van der Waals surface area contributed by atoms with Gasteiger partial charge in [0.05, 0.1) is 0 Å². The monoisotopic (exact) mass is 393 g/mol. The maximum absolute atomic E-state index is 11.5. The van der Waals surface area contributed by atoms with Gasteiger partial charge in [0, 0.05) is 58.5 Å². The zero-order valence-corrected chi connectivity index (χ0v) is 19.0. The topological polar surface area (TPSA) is 35.6 Å². The number of fused-ring (bicyclic) bond motifs is 2. The molecule has 1 atom stereocenters. The predicted octanol–water partition coefficient (Wildman–Crippen LogP) is 4.23. The van der Waals surface area contributed by atoms with Crippen LogP contribution in [0.15, 0.2) is 35.1 Å². The van der Waals surface area contributed by atoms with Gasteiger partial charge in [0.1, 0.15) is 0 Å². The van der Waals surface area contributed by atoms with Crippen LogP contribution in [0.3, 0.4) is 0 Å². The van der Waals surface area contributed by atoms with Gasteiger partial charge in [-0.15, -0.1) is 0 Å². The third-order valence-corrected chi connectivity index (χ3v) is 6.40. The summed E-state index contributed by atoms with van der Waals surface area (Å²) >= 11 is 0. The number of anilines is 1. The Balaban J connectivity index is 1.85. The molecular weight excluding hydrogens is 358 g/mol. The van der Waals surface area contributed by atoms with Crippen LogP contribution < -0.4 is 10.2 Å². The molecule has 3 rings (SSSR count). The third kappa shape index (κ3) is 4.26. The van der Waals surface area contributed by atoms with Crippen LogP contribution in [0, 0.1) is 19.8 Å². The second kappa shape index (κ2) is 8.48. The molecule has 1 aromatic carbocycles. The first-order chi connectivity index (χ1) is 13.7. The molecule has 2 aliphatic carbocycles. The summed E-state index contributed by atoms with van der Waals surface area (Å²) in [6.45, 7) is 7.56. The summed E-state index contributed by atoms with van der Waals surface area (Å²) in [5.74, 6) is 0.527. The van der Waals surface area contributed by atoms with Gasteiger partial charge in [0.25, 0.3) is 0 Å². The minimum atomic E-state index is 0.111.